The molecule has 1 unspecified atom stereocenters. The van der Waals surface area contributed by atoms with Gasteiger partial charge in [0.15, 0.2) is 12.7 Å². The molecule has 12 heteroatoms. The maximum absolute atomic E-state index is 14.1. The van der Waals surface area contributed by atoms with Crippen LogP contribution in [0.5, 0.6) is 5.88 Å². The number of benzene rings is 1. The molecule has 2 aromatic heterocycles. The van der Waals surface area contributed by atoms with Gasteiger partial charge in [0.05, 0.1) is 21.8 Å². The third-order valence-corrected chi connectivity index (χ3v) is 7.38. The summed E-state index contributed by atoms with van der Waals surface area (Å²) in [4.78, 5) is 28.0. The van der Waals surface area contributed by atoms with Crippen LogP contribution in [0.25, 0.3) is 0 Å². The fraction of sp³-hybridized carbons (Fsp3) is 0.360. The lowest BCUT2D eigenvalue weighted by atomic mass is 9.97. The molecule has 1 fully saturated rings. The smallest absolute Gasteiger partial charge is 0.269 e. The lowest BCUT2D eigenvalue weighted by molar-refractivity contribution is -0.134. The Morgan fingerprint density at radius 3 is 2.65 bits per heavy atom. The highest BCUT2D eigenvalue weighted by Gasteiger charge is 2.31. The third kappa shape index (κ3) is 5.43. The number of thiazole rings is 1. The minimum atomic E-state index is -2.74. The summed E-state index contributed by atoms with van der Waals surface area (Å²) in [5.41, 5.74) is 0.636. The van der Waals surface area contributed by atoms with Crippen molar-refractivity contribution >= 4 is 23.0 Å². The zero-order valence-corrected chi connectivity index (χ0v) is 20.3. The van der Waals surface area contributed by atoms with Gasteiger partial charge >= 0.3 is 0 Å². The Kier molecular flexibility index (Phi) is 7.36. The average molecular weight is 535 g/mol. The van der Waals surface area contributed by atoms with Crippen LogP contribution >= 0.6 is 11.3 Å². The Morgan fingerprint density at radius 2 is 1.92 bits per heavy atom. The molecule has 1 atom stereocenters. The third-order valence-electron chi connectivity index (χ3n) is 6.37. The van der Waals surface area contributed by atoms with Crippen molar-refractivity contribution in [2.24, 2.45) is 5.16 Å². The van der Waals surface area contributed by atoms with Gasteiger partial charge in [-0.3, -0.25) is 4.79 Å². The quantitative estimate of drug-likeness (QED) is 0.379. The number of ether oxygens (including phenoxy) is 1. The molecule has 1 aromatic carbocycles. The molecule has 2 aliphatic heterocycles. The van der Waals surface area contributed by atoms with Gasteiger partial charge in [-0.25, -0.2) is 27.5 Å². The molecule has 0 radical (unpaired) electrons. The first kappa shape index (κ1) is 25.1. The van der Waals surface area contributed by atoms with Crippen LogP contribution in [0.15, 0.2) is 47.1 Å². The molecule has 37 heavy (non-hydrogen) atoms. The monoisotopic (exact) mass is 534 g/mol. The number of nitrogens with zero attached hydrogens (tertiary/aromatic N) is 4. The summed E-state index contributed by atoms with van der Waals surface area (Å²) in [5, 5.41) is 6.74. The van der Waals surface area contributed by atoms with Crippen molar-refractivity contribution in [3.8, 4) is 5.88 Å². The fourth-order valence-electron chi connectivity index (χ4n) is 4.40. The van der Waals surface area contributed by atoms with E-state index in [0.29, 0.717) is 37.3 Å². The molecule has 2 aliphatic rings. The van der Waals surface area contributed by atoms with E-state index in [4.69, 9.17) is 9.57 Å². The van der Waals surface area contributed by atoms with Crippen molar-refractivity contribution < 1.29 is 31.9 Å². The first-order chi connectivity index (χ1) is 17.9. The van der Waals surface area contributed by atoms with Crippen molar-refractivity contribution in [3.05, 3.63) is 75.4 Å². The summed E-state index contributed by atoms with van der Waals surface area (Å²) >= 11 is 1.46. The Hall–Kier alpha value is -3.54. The molecule has 4 heterocycles. The molecular weight excluding hydrogens is 512 g/mol. The second-order valence-electron chi connectivity index (χ2n) is 8.68. The topological polar surface area (TPSA) is 76.9 Å². The predicted octanol–water partition coefficient (Wildman–Crippen LogP) is 5.40. The number of pyridine rings is 1. The normalized spacial score (nSPS) is 18.1. The number of carbonyl (C=O) groups excluding carboxylic acids is 1. The number of likely N-dealkylation sites (tertiary alicyclic amines) is 1. The molecule has 1 amide bonds. The van der Waals surface area contributed by atoms with Crippen LogP contribution in [-0.2, 0) is 9.63 Å². The van der Waals surface area contributed by atoms with Gasteiger partial charge in [-0.05, 0) is 37.1 Å². The summed E-state index contributed by atoms with van der Waals surface area (Å²) in [7, 11) is 0. The minimum absolute atomic E-state index is 0.132. The Bertz CT molecular complexity index is 1290. The number of hydrogen-bond acceptors (Lipinski definition) is 7. The molecule has 1 saturated heterocycles. The van der Waals surface area contributed by atoms with E-state index in [2.05, 4.69) is 15.1 Å². The van der Waals surface area contributed by atoms with Gasteiger partial charge in [-0.2, -0.15) is 0 Å². The van der Waals surface area contributed by atoms with E-state index >= 15 is 0 Å². The fourth-order valence-corrected chi connectivity index (χ4v) is 5.40. The van der Waals surface area contributed by atoms with Gasteiger partial charge in [0.1, 0.15) is 17.3 Å². The maximum atomic E-state index is 14.1. The number of rotatable bonds is 7. The summed E-state index contributed by atoms with van der Waals surface area (Å²) < 4.78 is 59.6. The van der Waals surface area contributed by atoms with Gasteiger partial charge in [-0.1, -0.05) is 11.2 Å². The van der Waals surface area contributed by atoms with Crippen molar-refractivity contribution in [1.29, 1.82) is 0 Å². The first-order valence-corrected chi connectivity index (χ1v) is 12.5. The lowest BCUT2D eigenvalue weighted by Crippen LogP contribution is -2.40. The average Bonchev–Trinajstić information content (AvgIpc) is 3.58. The van der Waals surface area contributed by atoms with Crippen LogP contribution in [0.3, 0.4) is 0 Å². The van der Waals surface area contributed by atoms with E-state index in [-0.39, 0.29) is 41.9 Å². The number of piperidine rings is 1. The zero-order chi connectivity index (χ0) is 25.9. The highest BCUT2D eigenvalue weighted by atomic mass is 32.1. The van der Waals surface area contributed by atoms with E-state index in [1.54, 1.807) is 4.90 Å². The molecule has 0 bridgehead atoms. The number of amides is 1. The number of halogens is 4. The standard InChI is InChI=1S/C25H22F4N4O3S/c26-16-4-1-5-17(27)22(16)20-11-18(32-36-20)19-13-37-25(31-19)14-6-9-33(10-7-14)21(34)12-35-24-15(23(28)29)3-2-8-30-24/h1-5,8,13-14,20,23H,6-7,9-12H2. The van der Waals surface area contributed by atoms with Gasteiger partial charge in [-0.15, -0.1) is 11.3 Å². The van der Waals surface area contributed by atoms with Crippen LogP contribution in [0.4, 0.5) is 17.6 Å². The molecular formula is C25H22F4N4O3S. The van der Waals surface area contributed by atoms with Crippen molar-refractivity contribution in [3.63, 3.8) is 0 Å². The van der Waals surface area contributed by atoms with Crippen molar-refractivity contribution in [2.75, 3.05) is 19.7 Å². The summed E-state index contributed by atoms with van der Waals surface area (Å²) in [6, 6.07) is 6.27. The molecule has 0 N–H and O–H groups in total. The molecule has 0 aliphatic carbocycles. The Morgan fingerprint density at radius 1 is 1.16 bits per heavy atom. The zero-order valence-electron chi connectivity index (χ0n) is 19.4. The van der Waals surface area contributed by atoms with Crippen LogP contribution in [-0.4, -0.2) is 46.2 Å². The van der Waals surface area contributed by atoms with Gasteiger partial charge in [0, 0.05) is 37.0 Å². The summed E-state index contributed by atoms with van der Waals surface area (Å²) in [5.74, 6) is -1.77. The minimum Gasteiger partial charge on any atom is -0.467 e. The van der Waals surface area contributed by atoms with E-state index in [1.165, 1.54) is 47.9 Å². The second kappa shape index (κ2) is 10.8. The first-order valence-electron chi connectivity index (χ1n) is 11.7. The highest BCUT2D eigenvalue weighted by molar-refractivity contribution is 7.10. The van der Waals surface area contributed by atoms with Crippen molar-refractivity contribution in [1.82, 2.24) is 14.9 Å². The number of alkyl halides is 2. The number of aromatic nitrogens is 2. The molecule has 0 saturated carbocycles. The number of oxime groups is 1. The summed E-state index contributed by atoms with van der Waals surface area (Å²) in [6.45, 7) is 0.584. The number of carbonyl (C=O) groups is 1. The van der Waals surface area contributed by atoms with E-state index < -0.39 is 24.2 Å². The maximum Gasteiger partial charge on any atom is 0.269 e. The Balaban J connectivity index is 1.14. The highest BCUT2D eigenvalue weighted by Crippen LogP contribution is 2.35. The molecule has 0 spiro atoms. The van der Waals surface area contributed by atoms with E-state index in [9.17, 15) is 22.4 Å². The molecule has 7 nitrogen and oxygen atoms in total. The van der Waals surface area contributed by atoms with Gasteiger partial charge in [0.25, 0.3) is 12.3 Å². The lowest BCUT2D eigenvalue weighted by Gasteiger charge is -2.31. The van der Waals surface area contributed by atoms with Gasteiger partial charge < -0.3 is 14.5 Å². The SMILES string of the molecule is O=C(COc1ncccc1C(F)F)N1CCC(c2nc(C3=NOC(c4c(F)cccc4F)C3)cs2)CC1. The largest absolute Gasteiger partial charge is 0.467 e. The second-order valence-corrected chi connectivity index (χ2v) is 9.57. The van der Waals surface area contributed by atoms with Crippen LogP contribution < -0.4 is 4.74 Å². The predicted molar refractivity (Wildman–Crippen MR) is 127 cm³/mol. The van der Waals surface area contributed by atoms with E-state index in [1.807, 2.05) is 5.38 Å². The Labute approximate surface area is 213 Å². The molecule has 3 aromatic rings. The molecule has 5 rings (SSSR count). The number of hydrogen-bond donors (Lipinski definition) is 0. The molecule has 194 valence electrons. The van der Waals surface area contributed by atoms with Gasteiger partial charge in [0.2, 0.25) is 5.88 Å². The van der Waals surface area contributed by atoms with Crippen LogP contribution in [0.1, 0.15) is 59.5 Å². The van der Waals surface area contributed by atoms with Crippen molar-refractivity contribution in [2.45, 2.75) is 37.7 Å². The summed E-state index contributed by atoms with van der Waals surface area (Å²) in [6.07, 6.45) is -0.696. The van der Waals surface area contributed by atoms with Crippen LogP contribution in [0, 0.1) is 11.6 Å². The van der Waals surface area contributed by atoms with Crippen LogP contribution in [0.2, 0.25) is 0 Å². The van der Waals surface area contributed by atoms with E-state index in [0.717, 1.165) is 5.01 Å².